The minimum Gasteiger partial charge on any atom is -0.461 e. The number of carbonyl (C=O) groups excluding carboxylic acids is 1. The van der Waals surface area contributed by atoms with Gasteiger partial charge in [0.15, 0.2) is 0 Å². The van der Waals surface area contributed by atoms with Gasteiger partial charge in [0.1, 0.15) is 0 Å². The molecule has 1 rings (SSSR count). The Hall–Kier alpha value is -1.68. The average Bonchev–Trinajstić information content (AvgIpc) is 2.31. The Bertz CT molecular complexity index is 385. The standard InChI is InChI=1S/C12H13FO3/c1-2-16-12(15)11(13)10(8-14)9-6-4-3-5-7-9/h3-7,14H,2,8H2,1H3/b11-10-. The van der Waals surface area contributed by atoms with Crippen molar-refractivity contribution in [2.75, 3.05) is 13.2 Å². The van der Waals surface area contributed by atoms with E-state index in [9.17, 15) is 9.18 Å². The number of aliphatic hydroxyl groups is 1. The van der Waals surface area contributed by atoms with Crippen molar-refractivity contribution >= 4 is 11.5 Å². The Balaban J connectivity index is 3.05. The van der Waals surface area contributed by atoms with Crippen LogP contribution in [0.2, 0.25) is 0 Å². The molecule has 0 aromatic heterocycles. The number of aliphatic hydroxyl groups excluding tert-OH is 1. The van der Waals surface area contributed by atoms with Crippen molar-refractivity contribution in [2.24, 2.45) is 0 Å². The normalized spacial score (nSPS) is 11.9. The molecular weight excluding hydrogens is 211 g/mol. The maximum atomic E-state index is 13.6. The van der Waals surface area contributed by atoms with E-state index in [1.165, 1.54) is 0 Å². The van der Waals surface area contributed by atoms with Crippen molar-refractivity contribution < 1.29 is 19.0 Å². The summed E-state index contributed by atoms with van der Waals surface area (Å²) in [5.41, 5.74) is 0.412. The van der Waals surface area contributed by atoms with Gasteiger partial charge in [-0.3, -0.25) is 0 Å². The predicted molar refractivity (Wildman–Crippen MR) is 58.2 cm³/mol. The molecule has 0 unspecified atom stereocenters. The van der Waals surface area contributed by atoms with Crippen LogP contribution in [-0.2, 0) is 9.53 Å². The van der Waals surface area contributed by atoms with E-state index in [-0.39, 0.29) is 12.2 Å². The van der Waals surface area contributed by atoms with Gasteiger partial charge in [-0.1, -0.05) is 30.3 Å². The number of rotatable bonds is 4. The fraction of sp³-hybridized carbons (Fsp3) is 0.250. The molecule has 1 aromatic carbocycles. The molecule has 0 spiro atoms. The molecule has 0 fully saturated rings. The zero-order chi connectivity index (χ0) is 12.0. The number of benzene rings is 1. The van der Waals surface area contributed by atoms with Crippen molar-refractivity contribution in [3.8, 4) is 0 Å². The average molecular weight is 224 g/mol. The lowest BCUT2D eigenvalue weighted by molar-refractivity contribution is -0.140. The molecule has 0 amide bonds. The summed E-state index contributed by atoms with van der Waals surface area (Å²) in [6, 6.07) is 8.39. The van der Waals surface area contributed by atoms with E-state index in [0.29, 0.717) is 5.56 Å². The van der Waals surface area contributed by atoms with Crippen LogP contribution in [0.5, 0.6) is 0 Å². The summed E-state index contributed by atoms with van der Waals surface area (Å²) in [5.74, 6) is -2.09. The molecule has 1 N–H and O–H groups in total. The first-order chi connectivity index (χ1) is 7.70. The van der Waals surface area contributed by atoms with Gasteiger partial charge in [0.2, 0.25) is 5.83 Å². The summed E-state index contributed by atoms with van der Waals surface area (Å²) in [4.78, 5) is 11.2. The minimum atomic E-state index is -1.05. The van der Waals surface area contributed by atoms with Gasteiger partial charge >= 0.3 is 5.97 Å². The van der Waals surface area contributed by atoms with Crippen LogP contribution < -0.4 is 0 Å². The molecule has 4 heteroatoms. The quantitative estimate of drug-likeness (QED) is 0.627. The van der Waals surface area contributed by atoms with Gasteiger partial charge in [-0.2, -0.15) is 4.39 Å². The third kappa shape index (κ3) is 2.90. The van der Waals surface area contributed by atoms with Gasteiger partial charge in [-0.15, -0.1) is 0 Å². The maximum absolute atomic E-state index is 13.6. The first-order valence-electron chi connectivity index (χ1n) is 4.92. The zero-order valence-corrected chi connectivity index (χ0v) is 8.94. The van der Waals surface area contributed by atoms with E-state index in [4.69, 9.17) is 5.11 Å². The molecule has 0 aliphatic carbocycles. The van der Waals surface area contributed by atoms with E-state index < -0.39 is 18.4 Å². The van der Waals surface area contributed by atoms with Gasteiger partial charge in [-0.05, 0) is 12.5 Å². The first-order valence-corrected chi connectivity index (χ1v) is 4.92. The Kier molecular flexibility index (Phi) is 4.66. The second kappa shape index (κ2) is 6.02. The summed E-state index contributed by atoms with van der Waals surface area (Å²) >= 11 is 0. The lowest BCUT2D eigenvalue weighted by Crippen LogP contribution is -2.08. The van der Waals surface area contributed by atoms with Crippen molar-refractivity contribution in [2.45, 2.75) is 6.92 Å². The molecule has 0 radical (unpaired) electrons. The highest BCUT2D eigenvalue weighted by Gasteiger charge is 2.16. The molecule has 1 aromatic rings. The number of carbonyl (C=O) groups is 1. The number of esters is 1. The Morgan fingerprint density at radius 3 is 2.50 bits per heavy atom. The van der Waals surface area contributed by atoms with Crippen LogP contribution in [0.25, 0.3) is 5.57 Å². The maximum Gasteiger partial charge on any atom is 0.367 e. The first kappa shape index (κ1) is 12.4. The molecule has 3 nitrogen and oxygen atoms in total. The molecule has 0 saturated carbocycles. The Labute approximate surface area is 93.2 Å². The highest BCUT2D eigenvalue weighted by Crippen LogP contribution is 2.19. The monoisotopic (exact) mass is 224 g/mol. The molecule has 0 aliphatic heterocycles. The molecule has 0 heterocycles. The van der Waals surface area contributed by atoms with Gasteiger partial charge in [-0.25, -0.2) is 4.79 Å². The summed E-state index contributed by atoms with van der Waals surface area (Å²) < 4.78 is 18.1. The number of halogens is 1. The fourth-order valence-corrected chi connectivity index (χ4v) is 1.24. The van der Waals surface area contributed by atoms with Crippen LogP contribution in [-0.4, -0.2) is 24.3 Å². The summed E-state index contributed by atoms with van der Waals surface area (Å²) in [6.07, 6.45) is 0. The third-order valence-electron chi connectivity index (χ3n) is 2.00. The van der Waals surface area contributed by atoms with Crippen LogP contribution in [0.3, 0.4) is 0 Å². The number of hydrogen-bond acceptors (Lipinski definition) is 3. The van der Waals surface area contributed by atoms with E-state index in [1.54, 1.807) is 37.3 Å². The lowest BCUT2D eigenvalue weighted by atomic mass is 10.1. The molecule has 86 valence electrons. The SMILES string of the molecule is CCOC(=O)/C(F)=C(\CO)c1ccccc1. The molecule has 0 saturated heterocycles. The Morgan fingerprint density at radius 2 is 2.00 bits per heavy atom. The van der Waals surface area contributed by atoms with Crippen molar-refractivity contribution in [1.82, 2.24) is 0 Å². The van der Waals surface area contributed by atoms with Crippen LogP contribution in [0, 0.1) is 0 Å². The molecule has 0 bridgehead atoms. The molecular formula is C12H13FO3. The summed E-state index contributed by atoms with van der Waals surface area (Å²) in [6.45, 7) is 1.14. The lowest BCUT2D eigenvalue weighted by Gasteiger charge is -2.06. The highest BCUT2D eigenvalue weighted by molar-refractivity contribution is 5.95. The van der Waals surface area contributed by atoms with Crippen LogP contribution >= 0.6 is 0 Å². The highest BCUT2D eigenvalue weighted by atomic mass is 19.1. The van der Waals surface area contributed by atoms with Crippen molar-refractivity contribution in [3.05, 3.63) is 41.7 Å². The van der Waals surface area contributed by atoms with E-state index >= 15 is 0 Å². The van der Waals surface area contributed by atoms with Gasteiger partial charge < -0.3 is 9.84 Å². The topological polar surface area (TPSA) is 46.5 Å². The smallest absolute Gasteiger partial charge is 0.367 e. The van der Waals surface area contributed by atoms with Gasteiger partial charge in [0.25, 0.3) is 0 Å². The summed E-state index contributed by atoms with van der Waals surface area (Å²) in [7, 11) is 0. The van der Waals surface area contributed by atoms with E-state index in [2.05, 4.69) is 4.74 Å². The van der Waals surface area contributed by atoms with E-state index in [1.807, 2.05) is 0 Å². The van der Waals surface area contributed by atoms with E-state index in [0.717, 1.165) is 0 Å². The summed E-state index contributed by atoms with van der Waals surface area (Å²) in [5, 5.41) is 9.06. The van der Waals surface area contributed by atoms with Crippen molar-refractivity contribution in [1.29, 1.82) is 0 Å². The van der Waals surface area contributed by atoms with Crippen LogP contribution in [0.1, 0.15) is 12.5 Å². The van der Waals surface area contributed by atoms with Crippen LogP contribution in [0.4, 0.5) is 4.39 Å². The molecule has 0 aliphatic rings. The molecule has 0 atom stereocenters. The molecule has 16 heavy (non-hydrogen) atoms. The zero-order valence-electron chi connectivity index (χ0n) is 8.94. The Morgan fingerprint density at radius 1 is 1.38 bits per heavy atom. The third-order valence-corrected chi connectivity index (χ3v) is 2.00. The van der Waals surface area contributed by atoms with Crippen molar-refractivity contribution in [3.63, 3.8) is 0 Å². The van der Waals surface area contributed by atoms with Crippen LogP contribution in [0.15, 0.2) is 36.2 Å². The van der Waals surface area contributed by atoms with Gasteiger partial charge in [0, 0.05) is 5.57 Å². The second-order valence-electron chi connectivity index (χ2n) is 3.04. The fourth-order valence-electron chi connectivity index (χ4n) is 1.24. The number of hydrogen-bond donors (Lipinski definition) is 1. The predicted octanol–water partition coefficient (Wildman–Crippen LogP) is 1.92. The minimum absolute atomic E-state index is 0.0564. The largest absolute Gasteiger partial charge is 0.461 e. The number of ether oxygens (including phenoxy) is 1. The second-order valence-corrected chi connectivity index (χ2v) is 3.04. The van der Waals surface area contributed by atoms with Gasteiger partial charge in [0.05, 0.1) is 13.2 Å².